The second-order valence-corrected chi connectivity index (χ2v) is 4.53. The van der Waals surface area contributed by atoms with E-state index in [9.17, 15) is 9.59 Å². The lowest BCUT2D eigenvalue weighted by Gasteiger charge is -2.08. The van der Waals surface area contributed by atoms with E-state index in [4.69, 9.17) is 10.5 Å². The average Bonchev–Trinajstić information content (AvgIpc) is 2.52. The minimum absolute atomic E-state index is 0.0887. The molecule has 5 heteroatoms. The topological polar surface area (TPSA) is 82.3 Å². The maximum Gasteiger partial charge on any atom is 0.338 e. The maximum absolute atomic E-state index is 12.1. The normalized spacial score (nSPS) is 10.1. The van der Waals surface area contributed by atoms with Crippen molar-refractivity contribution in [3.8, 4) is 0 Å². The predicted molar refractivity (Wildman–Crippen MR) is 77.7 cm³/mol. The first-order chi connectivity index (χ1) is 10.1. The van der Waals surface area contributed by atoms with Gasteiger partial charge in [0, 0.05) is 18.0 Å². The molecule has 0 aliphatic carbocycles. The van der Waals surface area contributed by atoms with E-state index >= 15 is 0 Å². The van der Waals surface area contributed by atoms with Crippen LogP contribution in [-0.4, -0.2) is 16.9 Å². The van der Waals surface area contributed by atoms with Crippen LogP contribution in [0, 0.1) is 0 Å². The van der Waals surface area contributed by atoms with Crippen LogP contribution >= 0.6 is 0 Å². The van der Waals surface area contributed by atoms with Crippen molar-refractivity contribution in [3.63, 3.8) is 0 Å². The number of primary amides is 1. The van der Waals surface area contributed by atoms with Gasteiger partial charge >= 0.3 is 5.97 Å². The van der Waals surface area contributed by atoms with Crippen molar-refractivity contribution in [3.05, 3.63) is 65.0 Å². The van der Waals surface area contributed by atoms with Crippen LogP contribution in [0.1, 0.15) is 38.8 Å². The number of benzene rings is 1. The molecule has 1 aromatic carbocycles. The van der Waals surface area contributed by atoms with Crippen molar-refractivity contribution in [2.75, 3.05) is 0 Å². The fourth-order valence-corrected chi connectivity index (χ4v) is 1.95. The maximum atomic E-state index is 12.1. The number of ether oxygens (including phenoxy) is 1. The lowest BCUT2D eigenvalue weighted by molar-refractivity contribution is 0.0471. The molecule has 0 spiro atoms. The van der Waals surface area contributed by atoms with Gasteiger partial charge in [-0.15, -0.1) is 0 Å². The van der Waals surface area contributed by atoms with Crippen molar-refractivity contribution in [2.24, 2.45) is 5.73 Å². The number of hydrogen-bond acceptors (Lipinski definition) is 4. The molecule has 2 rings (SSSR count). The van der Waals surface area contributed by atoms with Gasteiger partial charge in [-0.2, -0.15) is 0 Å². The highest BCUT2D eigenvalue weighted by atomic mass is 16.5. The third kappa shape index (κ3) is 3.66. The zero-order valence-electron chi connectivity index (χ0n) is 11.7. The molecule has 0 aliphatic heterocycles. The van der Waals surface area contributed by atoms with Crippen molar-refractivity contribution < 1.29 is 14.3 Å². The van der Waals surface area contributed by atoms with E-state index < -0.39 is 11.9 Å². The Labute approximate surface area is 122 Å². The Morgan fingerprint density at radius 2 is 2.10 bits per heavy atom. The summed E-state index contributed by atoms with van der Waals surface area (Å²) >= 11 is 0. The molecule has 0 bridgehead atoms. The highest BCUT2D eigenvalue weighted by Gasteiger charge is 2.12. The Morgan fingerprint density at radius 1 is 1.29 bits per heavy atom. The summed E-state index contributed by atoms with van der Waals surface area (Å²) in [6.45, 7) is 2.04. The molecule has 0 aliphatic rings. The van der Waals surface area contributed by atoms with Crippen molar-refractivity contribution in [1.82, 2.24) is 4.98 Å². The molecule has 0 saturated heterocycles. The van der Waals surface area contributed by atoms with E-state index in [1.165, 1.54) is 0 Å². The van der Waals surface area contributed by atoms with Crippen LogP contribution in [0.15, 0.2) is 42.7 Å². The fraction of sp³-hybridized carbons (Fsp3) is 0.188. The second-order valence-electron chi connectivity index (χ2n) is 4.53. The number of esters is 1. The van der Waals surface area contributed by atoms with Gasteiger partial charge in [-0.25, -0.2) is 4.79 Å². The van der Waals surface area contributed by atoms with E-state index in [-0.39, 0.29) is 6.61 Å². The van der Waals surface area contributed by atoms with Gasteiger partial charge in [-0.3, -0.25) is 9.78 Å². The molecule has 5 nitrogen and oxygen atoms in total. The van der Waals surface area contributed by atoms with Crippen LogP contribution in [0.5, 0.6) is 0 Å². The van der Waals surface area contributed by atoms with E-state index in [0.29, 0.717) is 23.1 Å². The van der Waals surface area contributed by atoms with Gasteiger partial charge in [0.1, 0.15) is 6.61 Å². The Kier molecular flexibility index (Phi) is 4.66. The summed E-state index contributed by atoms with van der Waals surface area (Å²) in [5.74, 6) is -0.913. The van der Waals surface area contributed by atoms with E-state index in [0.717, 1.165) is 5.56 Å². The van der Waals surface area contributed by atoms with Crippen LogP contribution < -0.4 is 5.73 Å². The molecular weight excluding hydrogens is 268 g/mol. The smallest absolute Gasteiger partial charge is 0.338 e. The lowest BCUT2D eigenvalue weighted by Crippen LogP contribution is -2.12. The number of carbonyl (C=O) groups excluding carboxylic acids is 2. The van der Waals surface area contributed by atoms with Gasteiger partial charge in [0.05, 0.1) is 5.56 Å². The Morgan fingerprint density at radius 3 is 2.81 bits per heavy atom. The first-order valence-corrected chi connectivity index (χ1v) is 6.60. The minimum Gasteiger partial charge on any atom is -0.457 e. The number of rotatable bonds is 5. The zero-order chi connectivity index (χ0) is 15.2. The molecule has 2 N–H and O–H groups in total. The Bertz CT molecular complexity index is 668. The number of hydrogen-bond donors (Lipinski definition) is 1. The highest BCUT2D eigenvalue weighted by Crippen LogP contribution is 2.12. The summed E-state index contributed by atoms with van der Waals surface area (Å²) in [5.41, 5.74) is 7.67. The molecule has 1 amide bonds. The van der Waals surface area contributed by atoms with Gasteiger partial charge < -0.3 is 10.5 Å². The minimum atomic E-state index is -0.509. The highest BCUT2D eigenvalue weighted by molar-refractivity contribution is 5.93. The molecule has 0 saturated carbocycles. The lowest BCUT2D eigenvalue weighted by atomic mass is 10.1. The third-order valence-electron chi connectivity index (χ3n) is 3.09. The number of amides is 1. The SMILES string of the molecule is CCc1cnccc1C(=O)OCc1cccc(C(N)=O)c1. The van der Waals surface area contributed by atoms with Crippen LogP contribution in [-0.2, 0) is 17.8 Å². The quantitative estimate of drug-likeness (QED) is 0.852. The van der Waals surface area contributed by atoms with Gasteiger partial charge in [-0.1, -0.05) is 19.1 Å². The summed E-state index contributed by atoms with van der Waals surface area (Å²) in [5, 5.41) is 0. The summed E-state index contributed by atoms with van der Waals surface area (Å²) in [4.78, 5) is 27.2. The first kappa shape index (κ1) is 14.7. The van der Waals surface area contributed by atoms with Crippen molar-refractivity contribution >= 4 is 11.9 Å². The standard InChI is InChI=1S/C16H16N2O3/c1-2-12-9-18-7-6-14(12)16(20)21-10-11-4-3-5-13(8-11)15(17)19/h3-9H,2,10H2,1H3,(H2,17,19). The third-order valence-corrected chi connectivity index (χ3v) is 3.09. The van der Waals surface area contributed by atoms with Crippen LogP contribution in [0.2, 0.25) is 0 Å². The molecule has 0 fully saturated rings. The molecule has 0 radical (unpaired) electrons. The molecule has 0 atom stereocenters. The summed E-state index contributed by atoms with van der Waals surface area (Å²) in [6, 6.07) is 8.34. The van der Waals surface area contributed by atoms with Crippen LogP contribution in [0.25, 0.3) is 0 Å². The van der Waals surface area contributed by atoms with Gasteiger partial charge in [-0.05, 0) is 35.7 Å². The number of aromatic nitrogens is 1. The van der Waals surface area contributed by atoms with E-state index in [2.05, 4.69) is 4.98 Å². The molecule has 0 unspecified atom stereocenters. The molecular formula is C16H16N2O3. The summed E-state index contributed by atoms with van der Waals surface area (Å²) in [6.07, 6.45) is 3.92. The first-order valence-electron chi connectivity index (χ1n) is 6.60. The number of carbonyl (C=O) groups is 2. The Balaban J connectivity index is 2.07. The van der Waals surface area contributed by atoms with E-state index in [1.807, 2.05) is 6.92 Å². The molecule has 1 aromatic heterocycles. The molecule has 21 heavy (non-hydrogen) atoms. The fourth-order valence-electron chi connectivity index (χ4n) is 1.95. The number of aryl methyl sites for hydroxylation is 1. The largest absolute Gasteiger partial charge is 0.457 e. The number of nitrogens with two attached hydrogens (primary N) is 1. The molecule has 1 heterocycles. The molecule has 108 valence electrons. The van der Waals surface area contributed by atoms with E-state index in [1.54, 1.807) is 42.7 Å². The Hall–Kier alpha value is -2.69. The van der Waals surface area contributed by atoms with Crippen molar-refractivity contribution in [1.29, 1.82) is 0 Å². The van der Waals surface area contributed by atoms with Crippen molar-refractivity contribution in [2.45, 2.75) is 20.0 Å². The average molecular weight is 284 g/mol. The second kappa shape index (κ2) is 6.65. The van der Waals surface area contributed by atoms with Gasteiger partial charge in [0.15, 0.2) is 0 Å². The monoisotopic (exact) mass is 284 g/mol. The zero-order valence-corrected chi connectivity index (χ0v) is 11.7. The number of nitrogens with zero attached hydrogens (tertiary/aromatic N) is 1. The van der Waals surface area contributed by atoms with Gasteiger partial charge in [0.25, 0.3) is 0 Å². The molecule has 2 aromatic rings. The van der Waals surface area contributed by atoms with Crippen LogP contribution in [0.3, 0.4) is 0 Å². The number of pyridine rings is 1. The van der Waals surface area contributed by atoms with Crippen LogP contribution in [0.4, 0.5) is 0 Å². The summed E-state index contributed by atoms with van der Waals surface area (Å²) in [7, 11) is 0. The predicted octanol–water partition coefficient (Wildman–Crippen LogP) is 2.10. The van der Waals surface area contributed by atoms with Gasteiger partial charge in [0.2, 0.25) is 5.91 Å². The summed E-state index contributed by atoms with van der Waals surface area (Å²) < 4.78 is 5.27.